The van der Waals surface area contributed by atoms with Crippen molar-refractivity contribution >= 4 is 0 Å². The van der Waals surface area contributed by atoms with E-state index >= 15 is 0 Å². The molecule has 0 unspecified atom stereocenters. The Morgan fingerprint density at radius 1 is 0.941 bits per heavy atom. The van der Waals surface area contributed by atoms with E-state index in [1.165, 1.54) is 25.7 Å². The highest BCUT2D eigenvalue weighted by Crippen LogP contribution is 2.40. The first-order chi connectivity index (χ1) is 8.28. The Labute approximate surface area is 103 Å². The Bertz CT molecular complexity index is 259. The first-order valence-corrected chi connectivity index (χ1v) is 6.98. The van der Waals surface area contributed by atoms with E-state index in [0.29, 0.717) is 6.17 Å². The lowest BCUT2D eigenvalue weighted by molar-refractivity contribution is -0.148. The summed E-state index contributed by atoms with van der Waals surface area (Å²) in [6.45, 7) is 4.23. The largest absolute Gasteiger partial charge is 0.396 e. The van der Waals surface area contributed by atoms with Crippen molar-refractivity contribution in [2.45, 2.75) is 31.8 Å². The van der Waals surface area contributed by atoms with Gasteiger partial charge in [-0.15, -0.1) is 0 Å². The van der Waals surface area contributed by atoms with E-state index in [2.05, 4.69) is 9.80 Å². The molecule has 3 rings (SSSR count). The van der Waals surface area contributed by atoms with Crippen molar-refractivity contribution in [1.29, 1.82) is 0 Å². The molecule has 0 spiro atoms. The number of hydrogen-bond acceptors (Lipinski definition) is 4. The van der Waals surface area contributed by atoms with Crippen LogP contribution in [0.3, 0.4) is 0 Å². The standard InChI is InChI=1S/C13H24N2O2/c16-9-13(10-17)7-14-5-1-3-11-4-2-6-15(8-13)12(11)14/h11-12,16-17H,1-10H2. The Morgan fingerprint density at radius 3 is 1.94 bits per heavy atom. The van der Waals surface area contributed by atoms with Gasteiger partial charge >= 0.3 is 0 Å². The van der Waals surface area contributed by atoms with Crippen LogP contribution < -0.4 is 0 Å². The molecule has 0 atom stereocenters. The third-order valence-corrected chi connectivity index (χ3v) is 4.96. The summed E-state index contributed by atoms with van der Waals surface area (Å²) in [5.74, 6) is 0.827. The maximum absolute atomic E-state index is 9.62. The summed E-state index contributed by atoms with van der Waals surface area (Å²) in [5, 5.41) is 19.2. The van der Waals surface area contributed by atoms with Gasteiger partial charge in [0.2, 0.25) is 0 Å². The summed E-state index contributed by atoms with van der Waals surface area (Å²) < 4.78 is 0. The molecule has 0 aromatic rings. The normalized spacial score (nSPS) is 37.8. The summed E-state index contributed by atoms with van der Waals surface area (Å²) in [4.78, 5) is 5.03. The van der Waals surface area contributed by atoms with Crippen LogP contribution in [0.5, 0.6) is 0 Å². The van der Waals surface area contributed by atoms with E-state index in [4.69, 9.17) is 0 Å². The molecule has 17 heavy (non-hydrogen) atoms. The van der Waals surface area contributed by atoms with E-state index in [1.54, 1.807) is 0 Å². The number of aliphatic hydroxyl groups excluding tert-OH is 2. The van der Waals surface area contributed by atoms with Crippen molar-refractivity contribution in [1.82, 2.24) is 9.80 Å². The lowest BCUT2D eigenvalue weighted by Crippen LogP contribution is -2.68. The van der Waals surface area contributed by atoms with Crippen LogP contribution in [0.15, 0.2) is 0 Å². The predicted octanol–water partition coefficient (Wildman–Crippen LogP) is 0.105. The predicted molar refractivity (Wildman–Crippen MR) is 65.5 cm³/mol. The number of nitrogens with zero attached hydrogens (tertiary/aromatic N) is 2. The smallest absolute Gasteiger partial charge is 0.0651 e. The molecule has 0 radical (unpaired) electrons. The molecular formula is C13H24N2O2. The molecule has 0 amide bonds. The molecule has 3 saturated heterocycles. The summed E-state index contributed by atoms with van der Waals surface area (Å²) in [6, 6.07) is 0. The number of rotatable bonds is 2. The minimum atomic E-state index is -0.296. The molecule has 3 fully saturated rings. The van der Waals surface area contributed by atoms with Gasteiger partial charge in [-0.1, -0.05) is 0 Å². The van der Waals surface area contributed by atoms with E-state index in [1.807, 2.05) is 0 Å². The summed E-state index contributed by atoms with van der Waals surface area (Å²) >= 11 is 0. The molecule has 3 aliphatic heterocycles. The number of piperidine rings is 2. The molecule has 98 valence electrons. The molecule has 2 N–H and O–H groups in total. The fourth-order valence-electron chi connectivity index (χ4n) is 4.15. The first kappa shape index (κ1) is 11.9. The highest BCUT2D eigenvalue weighted by atomic mass is 16.3. The van der Waals surface area contributed by atoms with Crippen LogP contribution >= 0.6 is 0 Å². The van der Waals surface area contributed by atoms with Crippen LogP contribution in [0.2, 0.25) is 0 Å². The molecule has 0 aromatic heterocycles. The molecule has 4 heteroatoms. The van der Waals surface area contributed by atoms with Crippen molar-refractivity contribution in [3.05, 3.63) is 0 Å². The summed E-state index contributed by atoms with van der Waals surface area (Å²) in [5.41, 5.74) is -0.296. The van der Waals surface area contributed by atoms with Crippen LogP contribution in [0.4, 0.5) is 0 Å². The van der Waals surface area contributed by atoms with Crippen molar-refractivity contribution in [2.75, 3.05) is 39.4 Å². The average molecular weight is 240 g/mol. The van der Waals surface area contributed by atoms with Gasteiger partial charge in [0.1, 0.15) is 0 Å². The van der Waals surface area contributed by atoms with Gasteiger partial charge in [-0.2, -0.15) is 0 Å². The zero-order chi connectivity index (χ0) is 11.9. The van der Waals surface area contributed by atoms with Gasteiger partial charge in [0.05, 0.1) is 19.4 Å². The van der Waals surface area contributed by atoms with Gasteiger partial charge < -0.3 is 10.2 Å². The second-order valence-electron chi connectivity index (χ2n) is 6.22. The van der Waals surface area contributed by atoms with Gasteiger partial charge in [0, 0.05) is 18.5 Å². The van der Waals surface area contributed by atoms with Gasteiger partial charge in [-0.25, -0.2) is 0 Å². The molecule has 0 bridgehead atoms. The average Bonchev–Trinajstić information content (AvgIpc) is 2.39. The minimum Gasteiger partial charge on any atom is -0.396 e. The first-order valence-electron chi connectivity index (χ1n) is 6.98. The number of hydrogen-bond donors (Lipinski definition) is 2. The Morgan fingerprint density at radius 2 is 1.47 bits per heavy atom. The molecule has 0 aromatic carbocycles. The summed E-state index contributed by atoms with van der Waals surface area (Å²) in [6.07, 6.45) is 5.89. The highest BCUT2D eigenvalue weighted by Gasteiger charge is 2.48. The van der Waals surface area contributed by atoms with Crippen molar-refractivity contribution in [3.8, 4) is 0 Å². The third-order valence-electron chi connectivity index (χ3n) is 4.96. The quantitative estimate of drug-likeness (QED) is 0.719. The number of aliphatic hydroxyl groups is 2. The van der Waals surface area contributed by atoms with Gasteiger partial charge in [0.25, 0.3) is 0 Å². The van der Waals surface area contributed by atoms with Gasteiger partial charge in [-0.05, 0) is 44.7 Å². The molecular weight excluding hydrogens is 216 g/mol. The van der Waals surface area contributed by atoms with Crippen LogP contribution in [0.25, 0.3) is 0 Å². The van der Waals surface area contributed by atoms with Crippen LogP contribution in [-0.4, -0.2) is 65.6 Å². The molecule has 0 aliphatic carbocycles. The van der Waals surface area contributed by atoms with E-state index < -0.39 is 0 Å². The Hall–Kier alpha value is -0.160. The van der Waals surface area contributed by atoms with Crippen molar-refractivity contribution < 1.29 is 10.2 Å². The van der Waals surface area contributed by atoms with Gasteiger partial charge in [-0.3, -0.25) is 9.80 Å². The van der Waals surface area contributed by atoms with Crippen LogP contribution in [-0.2, 0) is 0 Å². The molecule has 0 saturated carbocycles. The maximum atomic E-state index is 9.62. The zero-order valence-electron chi connectivity index (χ0n) is 10.5. The monoisotopic (exact) mass is 240 g/mol. The van der Waals surface area contributed by atoms with Crippen molar-refractivity contribution in [3.63, 3.8) is 0 Å². The fourth-order valence-corrected chi connectivity index (χ4v) is 4.15. The highest BCUT2D eigenvalue weighted by molar-refractivity contribution is 4.99. The summed E-state index contributed by atoms with van der Waals surface area (Å²) in [7, 11) is 0. The molecule has 4 nitrogen and oxygen atoms in total. The lowest BCUT2D eigenvalue weighted by Gasteiger charge is -2.58. The second-order valence-corrected chi connectivity index (χ2v) is 6.22. The minimum absolute atomic E-state index is 0.105. The zero-order valence-corrected chi connectivity index (χ0v) is 10.5. The van der Waals surface area contributed by atoms with E-state index in [-0.39, 0.29) is 18.6 Å². The third kappa shape index (κ3) is 1.91. The molecule has 3 heterocycles. The van der Waals surface area contributed by atoms with Crippen LogP contribution in [0.1, 0.15) is 25.7 Å². The van der Waals surface area contributed by atoms with Crippen molar-refractivity contribution in [2.24, 2.45) is 11.3 Å². The lowest BCUT2D eigenvalue weighted by atomic mass is 9.78. The topological polar surface area (TPSA) is 46.9 Å². The Kier molecular flexibility index (Phi) is 3.15. The van der Waals surface area contributed by atoms with Crippen LogP contribution in [0, 0.1) is 11.3 Å². The second kappa shape index (κ2) is 4.50. The molecule has 3 aliphatic rings. The SMILES string of the molecule is OCC1(CO)CN2CCCC3CCCN(C1)C32. The van der Waals surface area contributed by atoms with E-state index in [9.17, 15) is 10.2 Å². The Balaban J connectivity index is 1.83. The van der Waals surface area contributed by atoms with Gasteiger partial charge in [0.15, 0.2) is 0 Å². The van der Waals surface area contributed by atoms with E-state index in [0.717, 1.165) is 32.1 Å². The fraction of sp³-hybridized carbons (Fsp3) is 1.00. The maximum Gasteiger partial charge on any atom is 0.0651 e.